The second-order valence-corrected chi connectivity index (χ2v) is 6.50. The van der Waals surface area contributed by atoms with Gasteiger partial charge in [-0.3, -0.25) is 9.48 Å². The minimum Gasteiger partial charge on any atom is -0.395 e. The van der Waals surface area contributed by atoms with Gasteiger partial charge in [-0.15, -0.1) is 11.3 Å². The Morgan fingerprint density at radius 3 is 2.88 bits per heavy atom. The third kappa shape index (κ3) is 2.81. The SMILES string of the molecule is CCN(CCO)C(=O)c1cc(-c2cccs2)nc2c1c(C)nn2C. The summed E-state index contributed by atoms with van der Waals surface area (Å²) in [5, 5.41) is 16.4. The van der Waals surface area contributed by atoms with E-state index in [2.05, 4.69) is 5.10 Å². The van der Waals surface area contributed by atoms with Gasteiger partial charge in [0.2, 0.25) is 0 Å². The van der Waals surface area contributed by atoms with E-state index in [4.69, 9.17) is 4.98 Å². The normalized spacial score (nSPS) is 11.2. The summed E-state index contributed by atoms with van der Waals surface area (Å²) in [6.45, 7) is 4.58. The first kappa shape index (κ1) is 16.6. The van der Waals surface area contributed by atoms with Crippen LogP contribution in [0.4, 0.5) is 0 Å². The van der Waals surface area contributed by atoms with Crippen molar-refractivity contribution in [3.63, 3.8) is 0 Å². The number of hydrogen-bond acceptors (Lipinski definition) is 5. The fourth-order valence-electron chi connectivity index (χ4n) is 2.86. The Bertz CT molecular complexity index is 870. The van der Waals surface area contributed by atoms with Crippen molar-refractivity contribution in [3.05, 3.63) is 34.8 Å². The van der Waals surface area contributed by atoms with E-state index < -0.39 is 0 Å². The average molecular weight is 344 g/mol. The predicted molar refractivity (Wildman–Crippen MR) is 95.2 cm³/mol. The van der Waals surface area contributed by atoms with Crippen LogP contribution in [0.2, 0.25) is 0 Å². The number of likely N-dealkylation sites (N-methyl/N-ethyl adjacent to an activating group) is 1. The lowest BCUT2D eigenvalue weighted by molar-refractivity contribution is 0.0734. The smallest absolute Gasteiger partial charge is 0.254 e. The second-order valence-electron chi connectivity index (χ2n) is 5.55. The summed E-state index contributed by atoms with van der Waals surface area (Å²) in [6, 6.07) is 5.79. The quantitative estimate of drug-likeness (QED) is 0.772. The first-order chi connectivity index (χ1) is 11.6. The Labute approximate surface area is 144 Å². The van der Waals surface area contributed by atoms with Crippen LogP contribution >= 0.6 is 11.3 Å². The van der Waals surface area contributed by atoms with E-state index in [0.717, 1.165) is 21.7 Å². The fraction of sp³-hybridized carbons (Fsp3) is 0.353. The Kier molecular flexibility index (Phi) is 4.64. The summed E-state index contributed by atoms with van der Waals surface area (Å²) in [5.74, 6) is -0.104. The lowest BCUT2D eigenvalue weighted by Gasteiger charge is -2.20. The van der Waals surface area contributed by atoms with Crippen LogP contribution in [-0.4, -0.2) is 50.4 Å². The number of aromatic nitrogens is 3. The van der Waals surface area contributed by atoms with E-state index in [-0.39, 0.29) is 12.5 Å². The molecule has 126 valence electrons. The molecule has 0 saturated carbocycles. The van der Waals surface area contributed by atoms with Gasteiger partial charge in [-0.1, -0.05) is 6.07 Å². The lowest BCUT2D eigenvalue weighted by Crippen LogP contribution is -2.33. The molecule has 1 N–H and O–H groups in total. The molecule has 3 heterocycles. The van der Waals surface area contributed by atoms with Crippen molar-refractivity contribution >= 4 is 28.3 Å². The van der Waals surface area contributed by atoms with E-state index in [1.54, 1.807) is 20.9 Å². The van der Waals surface area contributed by atoms with Crippen molar-refractivity contribution in [1.29, 1.82) is 0 Å². The average Bonchev–Trinajstić information content (AvgIpc) is 3.20. The van der Waals surface area contributed by atoms with Crippen molar-refractivity contribution in [2.45, 2.75) is 13.8 Å². The number of pyridine rings is 1. The first-order valence-electron chi connectivity index (χ1n) is 7.85. The molecular weight excluding hydrogens is 324 g/mol. The summed E-state index contributed by atoms with van der Waals surface area (Å²) in [7, 11) is 1.83. The minimum atomic E-state index is -0.104. The second kappa shape index (κ2) is 6.70. The number of nitrogens with zero attached hydrogens (tertiary/aromatic N) is 4. The number of carbonyl (C=O) groups is 1. The summed E-state index contributed by atoms with van der Waals surface area (Å²) in [5.41, 5.74) is 2.83. The van der Waals surface area contributed by atoms with Crippen LogP contribution in [0.15, 0.2) is 23.6 Å². The monoisotopic (exact) mass is 344 g/mol. The van der Waals surface area contributed by atoms with Crippen molar-refractivity contribution < 1.29 is 9.90 Å². The number of aryl methyl sites for hydroxylation is 2. The third-order valence-corrected chi connectivity index (χ3v) is 4.90. The highest BCUT2D eigenvalue weighted by atomic mass is 32.1. The van der Waals surface area contributed by atoms with Crippen LogP contribution in [0.5, 0.6) is 0 Å². The van der Waals surface area contributed by atoms with Crippen LogP contribution in [0.3, 0.4) is 0 Å². The van der Waals surface area contributed by atoms with Crippen molar-refractivity contribution in [3.8, 4) is 10.6 Å². The molecule has 3 aromatic rings. The largest absolute Gasteiger partial charge is 0.395 e. The molecule has 3 rings (SSSR count). The van der Waals surface area contributed by atoms with Gasteiger partial charge in [0.15, 0.2) is 5.65 Å². The number of aliphatic hydroxyl groups excluding tert-OH is 1. The van der Waals surface area contributed by atoms with Crippen molar-refractivity contribution in [2.24, 2.45) is 7.05 Å². The molecule has 1 amide bonds. The molecule has 24 heavy (non-hydrogen) atoms. The third-order valence-electron chi connectivity index (χ3n) is 4.01. The van der Waals surface area contributed by atoms with Gasteiger partial charge in [0.25, 0.3) is 5.91 Å². The maximum Gasteiger partial charge on any atom is 0.254 e. The predicted octanol–water partition coefficient (Wildman–Crippen LogP) is 2.46. The molecule has 0 aliphatic carbocycles. The minimum absolute atomic E-state index is 0.0579. The maximum absolute atomic E-state index is 13.0. The molecule has 0 aliphatic rings. The molecule has 0 aromatic carbocycles. The Balaban J connectivity index is 2.22. The zero-order valence-corrected chi connectivity index (χ0v) is 14.8. The summed E-state index contributed by atoms with van der Waals surface area (Å²) < 4.78 is 1.71. The molecule has 0 atom stereocenters. The molecule has 0 saturated heterocycles. The molecule has 0 fully saturated rings. The van der Waals surface area contributed by atoms with Crippen molar-refractivity contribution in [1.82, 2.24) is 19.7 Å². The standard InChI is InChI=1S/C17H20N4O2S/c1-4-21(7-8-22)17(23)12-10-13(14-6-5-9-24-14)18-16-15(12)11(2)19-20(16)3/h5-6,9-10,22H,4,7-8H2,1-3H3. The Morgan fingerprint density at radius 2 is 2.25 bits per heavy atom. The topological polar surface area (TPSA) is 71.2 Å². The van der Waals surface area contributed by atoms with Gasteiger partial charge in [-0.2, -0.15) is 5.10 Å². The fourth-order valence-corrected chi connectivity index (χ4v) is 3.54. The maximum atomic E-state index is 13.0. The van der Waals surface area contributed by atoms with Gasteiger partial charge in [0.1, 0.15) is 0 Å². The first-order valence-corrected chi connectivity index (χ1v) is 8.73. The molecule has 6 nitrogen and oxygen atoms in total. The van der Waals surface area contributed by atoms with Crippen LogP contribution in [0, 0.1) is 6.92 Å². The Hall–Kier alpha value is -2.25. The van der Waals surface area contributed by atoms with Gasteiger partial charge in [0.05, 0.1) is 33.8 Å². The van der Waals surface area contributed by atoms with E-state index >= 15 is 0 Å². The van der Waals surface area contributed by atoms with Crippen molar-refractivity contribution in [2.75, 3.05) is 19.7 Å². The molecule has 0 radical (unpaired) electrons. The Morgan fingerprint density at radius 1 is 1.46 bits per heavy atom. The molecule has 0 spiro atoms. The highest BCUT2D eigenvalue weighted by molar-refractivity contribution is 7.13. The van der Waals surface area contributed by atoms with Gasteiger partial charge >= 0.3 is 0 Å². The lowest BCUT2D eigenvalue weighted by atomic mass is 10.1. The summed E-state index contributed by atoms with van der Waals surface area (Å²) in [4.78, 5) is 20.4. The number of aliphatic hydroxyl groups is 1. The highest BCUT2D eigenvalue weighted by Crippen LogP contribution is 2.29. The zero-order chi connectivity index (χ0) is 17.3. The number of thiophene rings is 1. The van der Waals surface area contributed by atoms with E-state index in [0.29, 0.717) is 24.3 Å². The molecular formula is C17H20N4O2S. The van der Waals surface area contributed by atoms with E-state index in [1.807, 2.05) is 44.5 Å². The number of fused-ring (bicyclic) bond motifs is 1. The van der Waals surface area contributed by atoms with E-state index in [9.17, 15) is 9.90 Å². The molecule has 0 bridgehead atoms. The summed E-state index contributed by atoms with van der Waals surface area (Å²) >= 11 is 1.58. The van der Waals surface area contributed by atoms with Crippen LogP contribution < -0.4 is 0 Å². The zero-order valence-electron chi connectivity index (χ0n) is 14.0. The van der Waals surface area contributed by atoms with Crippen LogP contribution in [0.25, 0.3) is 21.6 Å². The molecule has 0 aliphatic heterocycles. The van der Waals surface area contributed by atoms with Gasteiger partial charge in [-0.05, 0) is 31.4 Å². The number of rotatable bonds is 5. The number of hydrogen-bond donors (Lipinski definition) is 1. The van der Waals surface area contributed by atoms with Gasteiger partial charge < -0.3 is 10.0 Å². The van der Waals surface area contributed by atoms with Gasteiger partial charge in [0, 0.05) is 20.1 Å². The number of carbonyl (C=O) groups excluding carboxylic acids is 1. The molecule has 3 aromatic heterocycles. The summed E-state index contributed by atoms with van der Waals surface area (Å²) in [6.07, 6.45) is 0. The van der Waals surface area contributed by atoms with Gasteiger partial charge in [-0.25, -0.2) is 4.98 Å². The van der Waals surface area contributed by atoms with Crippen LogP contribution in [-0.2, 0) is 7.05 Å². The number of amides is 1. The van der Waals surface area contributed by atoms with Crippen LogP contribution in [0.1, 0.15) is 23.0 Å². The molecule has 7 heteroatoms. The van der Waals surface area contributed by atoms with E-state index in [1.165, 1.54) is 0 Å². The molecule has 0 unspecified atom stereocenters. The highest BCUT2D eigenvalue weighted by Gasteiger charge is 2.22.